The van der Waals surface area contributed by atoms with Crippen molar-refractivity contribution in [1.29, 1.82) is 0 Å². The molecule has 1 fully saturated rings. The zero-order chi connectivity index (χ0) is 18.4. The van der Waals surface area contributed by atoms with Gasteiger partial charge in [0.1, 0.15) is 0 Å². The molecule has 27 heavy (non-hydrogen) atoms. The second-order valence-corrected chi connectivity index (χ2v) is 8.09. The molecule has 1 aliphatic rings. The Kier molecular flexibility index (Phi) is 8.95. The zero-order valence-electron chi connectivity index (χ0n) is 16.2. The molecule has 2 aromatic rings. The van der Waals surface area contributed by atoms with Crippen LogP contribution >= 0.6 is 35.7 Å². The summed E-state index contributed by atoms with van der Waals surface area (Å²) in [7, 11) is 1.84. The van der Waals surface area contributed by atoms with Crippen molar-refractivity contribution in [2.75, 3.05) is 25.9 Å². The van der Waals surface area contributed by atoms with Gasteiger partial charge < -0.3 is 14.7 Å². The van der Waals surface area contributed by atoms with Crippen molar-refractivity contribution in [3.63, 3.8) is 0 Å². The van der Waals surface area contributed by atoms with Crippen LogP contribution in [0.15, 0.2) is 50.8 Å². The van der Waals surface area contributed by atoms with Crippen molar-refractivity contribution >= 4 is 41.7 Å². The van der Waals surface area contributed by atoms with Crippen LogP contribution in [0.3, 0.4) is 0 Å². The Balaban J connectivity index is 0.00000261. The molecule has 3 rings (SSSR count). The third kappa shape index (κ3) is 6.41. The van der Waals surface area contributed by atoms with E-state index >= 15 is 0 Å². The Hall–Kier alpha value is -1.22. The lowest BCUT2D eigenvalue weighted by atomic mass is 10.1. The van der Waals surface area contributed by atoms with E-state index in [1.54, 1.807) is 0 Å². The average molecular weight is 500 g/mol. The predicted molar refractivity (Wildman–Crippen MR) is 123 cm³/mol. The van der Waals surface area contributed by atoms with Gasteiger partial charge in [-0.25, -0.2) is 0 Å². The standard InChI is InChI=1S/C20H28N4OS.HI/c1-15(2)19-11-17(25-23-19)12-22-20(21-3)24-10-9-16(13-24)14-26-18-7-5-4-6-8-18;/h4-8,11,15-16H,9-10,12-14H2,1-3H3,(H,21,22);1H. The number of aliphatic imine (C=N–C) groups is 1. The molecule has 0 radical (unpaired) electrons. The SMILES string of the molecule is CN=C(NCc1cc(C(C)C)no1)N1CCC(CSc2ccccc2)C1.I. The monoisotopic (exact) mass is 500 g/mol. The molecule has 148 valence electrons. The largest absolute Gasteiger partial charge is 0.359 e. The van der Waals surface area contributed by atoms with Gasteiger partial charge >= 0.3 is 0 Å². The van der Waals surface area contributed by atoms with E-state index in [0.717, 1.165) is 36.3 Å². The first-order chi connectivity index (χ1) is 12.7. The van der Waals surface area contributed by atoms with E-state index in [-0.39, 0.29) is 24.0 Å². The smallest absolute Gasteiger partial charge is 0.194 e. The molecule has 0 aliphatic carbocycles. The fourth-order valence-electron chi connectivity index (χ4n) is 3.07. The minimum atomic E-state index is 0. The lowest BCUT2D eigenvalue weighted by Crippen LogP contribution is -2.39. The Morgan fingerprint density at radius 2 is 2.15 bits per heavy atom. The summed E-state index contributed by atoms with van der Waals surface area (Å²) in [5.41, 5.74) is 0.996. The van der Waals surface area contributed by atoms with Crippen LogP contribution in [0.2, 0.25) is 0 Å². The summed E-state index contributed by atoms with van der Waals surface area (Å²) in [5, 5.41) is 7.52. The van der Waals surface area contributed by atoms with Crippen LogP contribution in [-0.2, 0) is 6.54 Å². The van der Waals surface area contributed by atoms with E-state index in [1.165, 1.54) is 11.3 Å². The summed E-state index contributed by atoms with van der Waals surface area (Å²) in [6.07, 6.45) is 1.21. The highest BCUT2D eigenvalue weighted by Crippen LogP contribution is 2.26. The summed E-state index contributed by atoms with van der Waals surface area (Å²) in [6, 6.07) is 12.7. The summed E-state index contributed by atoms with van der Waals surface area (Å²) in [5.74, 6) is 4.02. The predicted octanol–water partition coefficient (Wildman–Crippen LogP) is 4.61. The quantitative estimate of drug-likeness (QED) is 0.272. The van der Waals surface area contributed by atoms with E-state index in [4.69, 9.17) is 4.52 Å². The minimum Gasteiger partial charge on any atom is -0.359 e. The van der Waals surface area contributed by atoms with Gasteiger partial charge in [-0.05, 0) is 30.4 Å². The number of rotatable bonds is 6. The molecular weight excluding hydrogens is 471 g/mol. The molecule has 1 aliphatic heterocycles. The van der Waals surface area contributed by atoms with Gasteiger partial charge in [-0.2, -0.15) is 0 Å². The molecule has 1 atom stereocenters. The summed E-state index contributed by atoms with van der Waals surface area (Å²) < 4.78 is 5.40. The van der Waals surface area contributed by atoms with Crippen molar-refractivity contribution in [2.45, 2.75) is 37.6 Å². The molecule has 1 aromatic heterocycles. The highest BCUT2D eigenvalue weighted by atomic mass is 127. The lowest BCUT2D eigenvalue weighted by Gasteiger charge is -2.21. The van der Waals surface area contributed by atoms with Gasteiger partial charge in [-0.15, -0.1) is 35.7 Å². The molecule has 0 saturated carbocycles. The maximum atomic E-state index is 5.40. The molecule has 0 amide bonds. The highest BCUT2D eigenvalue weighted by molar-refractivity contribution is 14.0. The lowest BCUT2D eigenvalue weighted by molar-refractivity contribution is 0.369. The van der Waals surface area contributed by atoms with Crippen molar-refractivity contribution in [3.05, 3.63) is 47.9 Å². The number of guanidine groups is 1. The zero-order valence-corrected chi connectivity index (χ0v) is 19.4. The van der Waals surface area contributed by atoms with Crippen LogP contribution in [-0.4, -0.2) is 41.9 Å². The number of hydrogen-bond acceptors (Lipinski definition) is 4. The fraction of sp³-hybridized carbons (Fsp3) is 0.500. The third-order valence-electron chi connectivity index (χ3n) is 4.62. The van der Waals surface area contributed by atoms with E-state index in [9.17, 15) is 0 Å². The second kappa shape index (κ2) is 10.9. The van der Waals surface area contributed by atoms with Crippen molar-refractivity contribution in [1.82, 2.24) is 15.4 Å². The Morgan fingerprint density at radius 3 is 2.81 bits per heavy atom. The summed E-state index contributed by atoms with van der Waals surface area (Å²) in [4.78, 5) is 8.13. The minimum absolute atomic E-state index is 0. The topological polar surface area (TPSA) is 53.7 Å². The highest BCUT2D eigenvalue weighted by Gasteiger charge is 2.25. The number of halogens is 1. The normalized spacial score (nSPS) is 17.3. The van der Waals surface area contributed by atoms with Crippen LogP contribution in [0, 0.1) is 5.92 Å². The van der Waals surface area contributed by atoms with Crippen molar-refractivity contribution in [3.8, 4) is 0 Å². The third-order valence-corrected chi connectivity index (χ3v) is 5.86. The van der Waals surface area contributed by atoms with Crippen molar-refractivity contribution in [2.24, 2.45) is 10.9 Å². The number of thioether (sulfide) groups is 1. The number of nitrogens with one attached hydrogen (secondary N) is 1. The molecule has 1 unspecified atom stereocenters. The molecule has 0 bridgehead atoms. The van der Waals surface area contributed by atoms with Crippen LogP contribution in [0.4, 0.5) is 0 Å². The first kappa shape index (κ1) is 22.1. The Labute approximate surface area is 183 Å². The molecule has 1 N–H and O–H groups in total. The van der Waals surface area contributed by atoms with Crippen LogP contribution in [0.1, 0.15) is 37.6 Å². The molecule has 1 saturated heterocycles. The molecular formula is C20H29IN4OS. The summed E-state index contributed by atoms with van der Waals surface area (Å²) >= 11 is 1.94. The maximum absolute atomic E-state index is 5.40. The molecule has 7 heteroatoms. The van der Waals surface area contributed by atoms with Gasteiger partial charge in [-0.1, -0.05) is 37.2 Å². The Morgan fingerprint density at radius 1 is 1.37 bits per heavy atom. The van der Waals surface area contributed by atoms with E-state index < -0.39 is 0 Å². The number of nitrogens with zero attached hydrogens (tertiary/aromatic N) is 3. The fourth-order valence-corrected chi connectivity index (χ4v) is 4.12. The maximum Gasteiger partial charge on any atom is 0.194 e. The van der Waals surface area contributed by atoms with Crippen LogP contribution in [0.5, 0.6) is 0 Å². The molecule has 0 spiro atoms. The Bertz CT molecular complexity index is 720. The van der Waals surface area contributed by atoms with Gasteiger partial charge in [0.05, 0.1) is 12.2 Å². The van der Waals surface area contributed by atoms with Gasteiger partial charge in [0, 0.05) is 36.9 Å². The van der Waals surface area contributed by atoms with Crippen LogP contribution in [0.25, 0.3) is 0 Å². The first-order valence-electron chi connectivity index (χ1n) is 9.24. The van der Waals surface area contributed by atoms with Crippen LogP contribution < -0.4 is 5.32 Å². The van der Waals surface area contributed by atoms with Gasteiger partial charge in [0.15, 0.2) is 11.7 Å². The molecule has 1 aromatic carbocycles. The molecule has 2 heterocycles. The van der Waals surface area contributed by atoms with Gasteiger partial charge in [0.25, 0.3) is 0 Å². The van der Waals surface area contributed by atoms with E-state index in [0.29, 0.717) is 18.4 Å². The van der Waals surface area contributed by atoms with Gasteiger partial charge in [0.2, 0.25) is 0 Å². The number of benzene rings is 1. The van der Waals surface area contributed by atoms with Crippen molar-refractivity contribution < 1.29 is 4.52 Å². The van der Waals surface area contributed by atoms with Gasteiger partial charge in [-0.3, -0.25) is 4.99 Å². The van der Waals surface area contributed by atoms with E-state index in [2.05, 4.69) is 64.5 Å². The number of hydrogen-bond donors (Lipinski definition) is 1. The molecule has 5 nitrogen and oxygen atoms in total. The summed E-state index contributed by atoms with van der Waals surface area (Å²) in [6.45, 7) is 6.95. The number of aromatic nitrogens is 1. The average Bonchev–Trinajstić information content (AvgIpc) is 3.31. The second-order valence-electron chi connectivity index (χ2n) is 7.00. The number of likely N-dealkylation sites (tertiary alicyclic amines) is 1. The first-order valence-corrected chi connectivity index (χ1v) is 10.2. The van der Waals surface area contributed by atoms with E-state index in [1.807, 2.05) is 24.9 Å².